The molecule has 28 heavy (non-hydrogen) atoms. The second kappa shape index (κ2) is 8.21. The van der Waals surface area contributed by atoms with Crippen LogP contribution >= 0.6 is 0 Å². The Kier molecular flexibility index (Phi) is 5.73. The van der Waals surface area contributed by atoms with Gasteiger partial charge in [0.2, 0.25) is 6.79 Å². The number of fused-ring (bicyclic) bond motifs is 1. The van der Waals surface area contributed by atoms with Crippen molar-refractivity contribution in [1.29, 1.82) is 0 Å². The molecule has 1 N–H and O–H groups in total. The van der Waals surface area contributed by atoms with Crippen LogP contribution in [-0.4, -0.2) is 31.4 Å². The Morgan fingerprint density at radius 2 is 1.75 bits per heavy atom. The van der Waals surface area contributed by atoms with Gasteiger partial charge in [0.05, 0.1) is 0 Å². The lowest BCUT2D eigenvalue weighted by Gasteiger charge is -2.16. The minimum Gasteiger partial charge on any atom is -0.481 e. The van der Waals surface area contributed by atoms with E-state index in [1.165, 1.54) is 6.92 Å². The van der Waals surface area contributed by atoms with Crippen LogP contribution in [0.3, 0.4) is 0 Å². The fraction of sp³-hybridized carbons (Fsp3) is 0.333. The average Bonchev–Trinajstić information content (AvgIpc) is 3.08. The highest BCUT2D eigenvalue weighted by atomic mass is 16.7. The first-order chi connectivity index (χ1) is 13.3. The molecule has 2 aromatic carbocycles. The minimum atomic E-state index is -0.971. The van der Waals surface area contributed by atoms with Crippen LogP contribution in [0, 0.1) is 20.8 Å². The maximum atomic E-state index is 12.3. The first-order valence-electron chi connectivity index (χ1n) is 8.94. The number of benzene rings is 2. The van der Waals surface area contributed by atoms with Crippen molar-refractivity contribution in [2.75, 3.05) is 18.7 Å². The van der Waals surface area contributed by atoms with Crippen LogP contribution in [-0.2, 0) is 14.3 Å². The summed E-state index contributed by atoms with van der Waals surface area (Å²) in [6.07, 6.45) is -0.971. The Hall–Kier alpha value is -3.22. The standard InChI is InChI=1S/C21H23NO6/c1-12-7-13(2)20(14(3)8-12)25-10-19(23)28-15(4)21(24)22-16-5-6-17-18(9-16)27-11-26-17/h5-9,15H,10-11H2,1-4H3,(H,22,24)/t15-/m0/s1. The number of anilines is 1. The Morgan fingerprint density at radius 1 is 1.07 bits per heavy atom. The summed E-state index contributed by atoms with van der Waals surface area (Å²) in [4.78, 5) is 24.3. The maximum absolute atomic E-state index is 12.3. The lowest BCUT2D eigenvalue weighted by atomic mass is 10.1. The molecule has 0 aromatic heterocycles. The van der Waals surface area contributed by atoms with Crippen LogP contribution in [0.5, 0.6) is 17.2 Å². The van der Waals surface area contributed by atoms with Crippen molar-refractivity contribution in [2.45, 2.75) is 33.8 Å². The molecule has 0 bridgehead atoms. The number of aryl methyl sites for hydroxylation is 3. The van der Waals surface area contributed by atoms with Crippen molar-refractivity contribution in [3.63, 3.8) is 0 Å². The van der Waals surface area contributed by atoms with Gasteiger partial charge in [-0.25, -0.2) is 4.79 Å². The number of ether oxygens (including phenoxy) is 4. The normalized spacial score (nSPS) is 13.0. The average molecular weight is 385 g/mol. The van der Waals surface area contributed by atoms with Gasteiger partial charge >= 0.3 is 5.97 Å². The molecule has 0 fully saturated rings. The van der Waals surface area contributed by atoms with Gasteiger partial charge in [0.1, 0.15) is 5.75 Å². The molecular formula is C21H23NO6. The van der Waals surface area contributed by atoms with E-state index in [1.807, 2.05) is 32.9 Å². The number of hydrogen-bond donors (Lipinski definition) is 1. The van der Waals surface area contributed by atoms with Gasteiger partial charge in [0.15, 0.2) is 24.2 Å². The summed E-state index contributed by atoms with van der Waals surface area (Å²) in [5.41, 5.74) is 3.54. The van der Waals surface area contributed by atoms with Crippen LogP contribution in [0.1, 0.15) is 23.6 Å². The van der Waals surface area contributed by atoms with Crippen molar-refractivity contribution in [2.24, 2.45) is 0 Å². The molecule has 7 nitrogen and oxygen atoms in total. The second-order valence-corrected chi connectivity index (χ2v) is 6.71. The Bertz CT molecular complexity index is 885. The Labute approximate surface area is 163 Å². The Balaban J connectivity index is 1.52. The van der Waals surface area contributed by atoms with E-state index >= 15 is 0 Å². The molecule has 1 aliphatic heterocycles. The minimum absolute atomic E-state index is 0.153. The van der Waals surface area contributed by atoms with Crippen LogP contribution < -0.4 is 19.5 Å². The highest BCUT2D eigenvalue weighted by Crippen LogP contribution is 2.34. The molecule has 0 unspecified atom stereocenters. The predicted octanol–water partition coefficient (Wildman–Crippen LogP) is 3.29. The number of carbonyl (C=O) groups is 2. The predicted molar refractivity (Wildman–Crippen MR) is 103 cm³/mol. The molecule has 1 amide bonds. The van der Waals surface area contributed by atoms with Crippen LogP contribution in [0.4, 0.5) is 5.69 Å². The van der Waals surface area contributed by atoms with Gasteiger partial charge < -0.3 is 24.3 Å². The van der Waals surface area contributed by atoms with Gasteiger partial charge in [-0.3, -0.25) is 4.79 Å². The third-order valence-corrected chi connectivity index (χ3v) is 4.26. The number of hydrogen-bond acceptors (Lipinski definition) is 6. The highest BCUT2D eigenvalue weighted by Gasteiger charge is 2.20. The largest absolute Gasteiger partial charge is 0.481 e. The molecule has 1 heterocycles. The van der Waals surface area contributed by atoms with E-state index in [9.17, 15) is 9.59 Å². The molecule has 1 aliphatic rings. The van der Waals surface area contributed by atoms with E-state index in [0.717, 1.165) is 16.7 Å². The molecule has 0 spiro atoms. The summed E-state index contributed by atoms with van der Waals surface area (Å²) in [5.74, 6) is 0.763. The second-order valence-electron chi connectivity index (χ2n) is 6.71. The first-order valence-corrected chi connectivity index (χ1v) is 8.94. The number of carbonyl (C=O) groups excluding carboxylic acids is 2. The lowest BCUT2D eigenvalue weighted by Crippen LogP contribution is -2.31. The molecule has 0 saturated heterocycles. The summed E-state index contributed by atoms with van der Waals surface area (Å²) >= 11 is 0. The molecule has 3 rings (SSSR count). The van der Waals surface area contributed by atoms with Crippen LogP contribution in [0.25, 0.3) is 0 Å². The molecule has 7 heteroatoms. The number of amides is 1. The highest BCUT2D eigenvalue weighted by molar-refractivity contribution is 5.95. The van der Waals surface area contributed by atoms with Gasteiger partial charge in [-0.1, -0.05) is 17.7 Å². The maximum Gasteiger partial charge on any atom is 0.344 e. The number of esters is 1. The van der Waals surface area contributed by atoms with Crippen molar-refractivity contribution in [1.82, 2.24) is 0 Å². The van der Waals surface area contributed by atoms with Crippen molar-refractivity contribution >= 4 is 17.6 Å². The van der Waals surface area contributed by atoms with E-state index in [4.69, 9.17) is 18.9 Å². The smallest absolute Gasteiger partial charge is 0.344 e. The summed E-state index contributed by atoms with van der Waals surface area (Å²) in [6.45, 7) is 7.22. The zero-order valence-electron chi connectivity index (χ0n) is 16.3. The van der Waals surface area contributed by atoms with E-state index in [1.54, 1.807) is 18.2 Å². The molecule has 2 aromatic rings. The zero-order valence-corrected chi connectivity index (χ0v) is 16.3. The van der Waals surface area contributed by atoms with Crippen molar-refractivity contribution in [3.8, 4) is 17.2 Å². The van der Waals surface area contributed by atoms with Gasteiger partial charge in [-0.15, -0.1) is 0 Å². The molecule has 1 atom stereocenters. The van der Waals surface area contributed by atoms with Crippen LogP contribution in [0.2, 0.25) is 0 Å². The summed E-state index contributed by atoms with van der Waals surface area (Å²) in [5, 5.41) is 2.68. The third-order valence-electron chi connectivity index (χ3n) is 4.26. The zero-order chi connectivity index (χ0) is 20.3. The first kappa shape index (κ1) is 19.5. The van der Waals surface area contributed by atoms with Crippen molar-refractivity contribution < 1.29 is 28.5 Å². The van der Waals surface area contributed by atoms with Gasteiger partial charge in [0.25, 0.3) is 5.91 Å². The fourth-order valence-corrected chi connectivity index (χ4v) is 3.03. The van der Waals surface area contributed by atoms with Crippen molar-refractivity contribution in [3.05, 3.63) is 47.0 Å². The number of nitrogens with one attached hydrogen (secondary N) is 1. The summed E-state index contributed by atoms with van der Waals surface area (Å²) < 4.78 is 21.3. The molecule has 0 saturated carbocycles. The van der Waals surface area contributed by atoms with E-state index in [2.05, 4.69) is 5.32 Å². The Morgan fingerprint density at radius 3 is 2.46 bits per heavy atom. The topological polar surface area (TPSA) is 83.1 Å². The lowest BCUT2D eigenvalue weighted by molar-refractivity contribution is -0.155. The number of rotatable bonds is 6. The molecule has 0 aliphatic carbocycles. The summed E-state index contributed by atoms with van der Waals surface area (Å²) in [7, 11) is 0. The third kappa shape index (κ3) is 4.54. The van der Waals surface area contributed by atoms with E-state index < -0.39 is 18.0 Å². The SMILES string of the molecule is Cc1cc(C)c(OCC(=O)O[C@@H](C)C(=O)Nc2ccc3c(c2)OCO3)c(C)c1. The molecule has 0 radical (unpaired) electrons. The van der Waals surface area contributed by atoms with E-state index in [0.29, 0.717) is 22.9 Å². The monoisotopic (exact) mass is 385 g/mol. The fourth-order valence-electron chi connectivity index (χ4n) is 3.03. The molecule has 148 valence electrons. The van der Waals surface area contributed by atoms with Gasteiger partial charge in [-0.05, 0) is 51.0 Å². The quantitative estimate of drug-likeness (QED) is 0.769. The van der Waals surface area contributed by atoms with Gasteiger partial charge in [-0.2, -0.15) is 0 Å². The van der Waals surface area contributed by atoms with E-state index in [-0.39, 0.29) is 13.4 Å². The van der Waals surface area contributed by atoms with Crippen LogP contribution in [0.15, 0.2) is 30.3 Å². The summed E-state index contributed by atoms with van der Waals surface area (Å²) in [6, 6.07) is 9.01. The van der Waals surface area contributed by atoms with Gasteiger partial charge in [0, 0.05) is 11.8 Å². The molecular weight excluding hydrogens is 362 g/mol.